The van der Waals surface area contributed by atoms with E-state index >= 15 is 0 Å². The van der Waals surface area contributed by atoms with Gasteiger partial charge in [0.1, 0.15) is 0 Å². The Kier molecular flexibility index (Phi) is 20.1. The Labute approximate surface area is 152 Å². The molecule has 0 aromatic rings. The zero-order chi connectivity index (χ0) is 17.7. The Hall–Kier alpha value is -0.530. The minimum Gasteiger partial charge on any atom is -0.356 e. The van der Waals surface area contributed by atoms with Crippen LogP contribution in [-0.2, 0) is 4.79 Å². The summed E-state index contributed by atoms with van der Waals surface area (Å²) < 4.78 is 0. The number of carbonyl (C=O) groups excluding carboxylic acids is 1. The van der Waals surface area contributed by atoms with Gasteiger partial charge in [-0.25, -0.2) is 0 Å². The molecule has 0 unspecified atom stereocenters. The molecule has 0 saturated carbocycles. The van der Waals surface area contributed by atoms with E-state index < -0.39 is 0 Å². The van der Waals surface area contributed by atoms with E-state index in [1.807, 2.05) is 0 Å². The van der Waals surface area contributed by atoms with Crippen LogP contribution in [0.1, 0.15) is 129 Å². The smallest absolute Gasteiger partial charge is 0.219 e. The maximum atomic E-state index is 11.7. The van der Waals surface area contributed by atoms with Crippen molar-refractivity contribution in [3.05, 3.63) is 0 Å². The van der Waals surface area contributed by atoms with Gasteiger partial charge in [0, 0.05) is 13.0 Å². The van der Waals surface area contributed by atoms with E-state index in [1.54, 1.807) is 0 Å². The highest BCUT2D eigenvalue weighted by atomic mass is 16.1. The second-order valence-electron chi connectivity index (χ2n) is 7.40. The summed E-state index contributed by atoms with van der Waals surface area (Å²) in [6.07, 6.45) is 23.2. The molecule has 0 aliphatic carbocycles. The molecule has 0 aromatic heterocycles. The first-order valence-corrected chi connectivity index (χ1v) is 11.1. The van der Waals surface area contributed by atoms with Crippen LogP contribution in [0.4, 0.5) is 0 Å². The monoisotopic (exact) mass is 339 g/mol. The summed E-state index contributed by atoms with van der Waals surface area (Å²) in [6, 6.07) is 0. The minimum absolute atomic E-state index is 0.263. The van der Waals surface area contributed by atoms with Crippen molar-refractivity contribution in [2.75, 3.05) is 6.54 Å². The lowest BCUT2D eigenvalue weighted by atomic mass is 10.1. The zero-order valence-electron chi connectivity index (χ0n) is 16.8. The topological polar surface area (TPSA) is 29.1 Å². The van der Waals surface area contributed by atoms with Crippen molar-refractivity contribution in [1.29, 1.82) is 0 Å². The zero-order valence-corrected chi connectivity index (χ0v) is 16.8. The quantitative estimate of drug-likeness (QED) is 0.248. The summed E-state index contributed by atoms with van der Waals surface area (Å²) in [5, 5.41) is 3.08. The summed E-state index contributed by atoms with van der Waals surface area (Å²) in [5.41, 5.74) is 0. The number of amides is 1. The van der Waals surface area contributed by atoms with Gasteiger partial charge in [0.15, 0.2) is 0 Å². The van der Waals surface area contributed by atoms with Crippen molar-refractivity contribution >= 4 is 5.91 Å². The minimum atomic E-state index is 0.263. The van der Waals surface area contributed by atoms with E-state index in [1.165, 1.54) is 96.3 Å². The van der Waals surface area contributed by atoms with Crippen molar-refractivity contribution in [3.63, 3.8) is 0 Å². The maximum absolute atomic E-state index is 11.7. The van der Waals surface area contributed by atoms with Gasteiger partial charge in [-0.05, 0) is 12.8 Å². The molecule has 0 aromatic carbocycles. The maximum Gasteiger partial charge on any atom is 0.219 e. The SMILES string of the molecule is CCCCCCCCCCCCNC(=O)CCCCCCCCC. The number of hydrogen-bond donors (Lipinski definition) is 1. The highest BCUT2D eigenvalue weighted by Gasteiger charge is 2.00. The summed E-state index contributed by atoms with van der Waals surface area (Å²) in [7, 11) is 0. The van der Waals surface area contributed by atoms with E-state index in [0.29, 0.717) is 0 Å². The molecule has 24 heavy (non-hydrogen) atoms. The Morgan fingerprint density at radius 1 is 0.542 bits per heavy atom. The van der Waals surface area contributed by atoms with E-state index in [9.17, 15) is 4.79 Å². The van der Waals surface area contributed by atoms with Gasteiger partial charge in [0.25, 0.3) is 0 Å². The van der Waals surface area contributed by atoms with Crippen LogP contribution < -0.4 is 5.32 Å². The van der Waals surface area contributed by atoms with Crippen molar-refractivity contribution < 1.29 is 4.79 Å². The van der Waals surface area contributed by atoms with Crippen LogP contribution in [0.25, 0.3) is 0 Å². The van der Waals surface area contributed by atoms with Gasteiger partial charge in [-0.1, -0.05) is 110 Å². The van der Waals surface area contributed by atoms with Gasteiger partial charge < -0.3 is 5.32 Å². The highest BCUT2D eigenvalue weighted by molar-refractivity contribution is 5.75. The second-order valence-corrected chi connectivity index (χ2v) is 7.40. The molecule has 0 rings (SSSR count). The van der Waals surface area contributed by atoms with Gasteiger partial charge in [-0.2, -0.15) is 0 Å². The van der Waals surface area contributed by atoms with Crippen LogP contribution in [0.15, 0.2) is 0 Å². The molecule has 0 spiro atoms. The van der Waals surface area contributed by atoms with Crippen LogP contribution in [0.3, 0.4) is 0 Å². The van der Waals surface area contributed by atoms with Crippen LogP contribution in [0.5, 0.6) is 0 Å². The van der Waals surface area contributed by atoms with Crippen LogP contribution in [0.2, 0.25) is 0 Å². The third kappa shape index (κ3) is 19.5. The van der Waals surface area contributed by atoms with E-state index in [4.69, 9.17) is 0 Å². The first kappa shape index (κ1) is 23.5. The molecule has 0 aliphatic heterocycles. The largest absolute Gasteiger partial charge is 0.356 e. The molecule has 1 N–H and O–H groups in total. The fraction of sp³-hybridized carbons (Fsp3) is 0.955. The van der Waals surface area contributed by atoms with Gasteiger partial charge in [0.2, 0.25) is 5.91 Å². The molecule has 1 amide bonds. The number of carbonyl (C=O) groups is 1. The molecule has 0 radical (unpaired) electrons. The molecule has 144 valence electrons. The van der Waals surface area contributed by atoms with E-state index in [0.717, 1.165) is 25.8 Å². The molecule has 0 aliphatic rings. The summed E-state index contributed by atoms with van der Waals surface area (Å²) >= 11 is 0. The number of hydrogen-bond acceptors (Lipinski definition) is 1. The fourth-order valence-electron chi connectivity index (χ4n) is 3.17. The van der Waals surface area contributed by atoms with Crippen LogP contribution >= 0.6 is 0 Å². The van der Waals surface area contributed by atoms with Gasteiger partial charge in [-0.15, -0.1) is 0 Å². The Balaban J connectivity index is 3.12. The molecule has 0 heterocycles. The first-order chi connectivity index (χ1) is 11.8. The Bertz CT molecular complexity index is 252. The first-order valence-electron chi connectivity index (χ1n) is 11.1. The van der Waals surface area contributed by atoms with Gasteiger partial charge >= 0.3 is 0 Å². The highest BCUT2D eigenvalue weighted by Crippen LogP contribution is 2.10. The predicted molar refractivity (Wildman–Crippen MR) is 107 cm³/mol. The standard InChI is InChI=1S/C22H45NO/c1-3-5-7-9-11-12-13-15-17-19-21-23-22(24)20-18-16-14-10-8-6-4-2/h3-21H2,1-2H3,(H,23,24). The Morgan fingerprint density at radius 3 is 1.38 bits per heavy atom. The third-order valence-electron chi connectivity index (χ3n) is 4.86. The summed E-state index contributed by atoms with van der Waals surface area (Å²) in [4.78, 5) is 11.7. The lowest BCUT2D eigenvalue weighted by Crippen LogP contribution is -2.23. The molecule has 2 heteroatoms. The molecule has 0 fully saturated rings. The number of nitrogens with one attached hydrogen (secondary N) is 1. The van der Waals surface area contributed by atoms with Crippen LogP contribution in [-0.4, -0.2) is 12.5 Å². The average molecular weight is 340 g/mol. The second kappa shape index (κ2) is 20.5. The molecular weight excluding hydrogens is 294 g/mol. The predicted octanol–water partition coefficient (Wildman–Crippen LogP) is 7.16. The lowest BCUT2D eigenvalue weighted by Gasteiger charge is -2.06. The van der Waals surface area contributed by atoms with Crippen molar-refractivity contribution in [3.8, 4) is 0 Å². The van der Waals surface area contributed by atoms with E-state index in [2.05, 4.69) is 19.2 Å². The summed E-state index contributed by atoms with van der Waals surface area (Å²) in [6.45, 7) is 5.40. The Morgan fingerprint density at radius 2 is 0.917 bits per heavy atom. The third-order valence-corrected chi connectivity index (χ3v) is 4.86. The van der Waals surface area contributed by atoms with Crippen molar-refractivity contribution in [2.45, 2.75) is 129 Å². The van der Waals surface area contributed by atoms with Crippen LogP contribution in [0, 0.1) is 0 Å². The van der Waals surface area contributed by atoms with Crippen molar-refractivity contribution in [2.24, 2.45) is 0 Å². The molecular formula is C22H45NO. The molecule has 0 atom stereocenters. The van der Waals surface area contributed by atoms with E-state index in [-0.39, 0.29) is 5.91 Å². The van der Waals surface area contributed by atoms with Crippen molar-refractivity contribution in [1.82, 2.24) is 5.32 Å². The summed E-state index contributed by atoms with van der Waals surface area (Å²) in [5.74, 6) is 0.263. The molecule has 0 saturated heterocycles. The van der Waals surface area contributed by atoms with Gasteiger partial charge in [0.05, 0.1) is 0 Å². The number of rotatable bonds is 19. The fourth-order valence-corrected chi connectivity index (χ4v) is 3.17. The lowest BCUT2D eigenvalue weighted by molar-refractivity contribution is -0.121. The molecule has 0 bridgehead atoms. The van der Waals surface area contributed by atoms with Gasteiger partial charge in [-0.3, -0.25) is 4.79 Å². The normalized spacial score (nSPS) is 10.9. The molecule has 2 nitrogen and oxygen atoms in total. The average Bonchev–Trinajstić information content (AvgIpc) is 2.59. The number of unbranched alkanes of at least 4 members (excludes halogenated alkanes) is 15.